The first-order valence-electron chi connectivity index (χ1n) is 7.65. The van der Waals surface area contributed by atoms with E-state index in [1.54, 1.807) is 0 Å². The molecule has 0 aliphatic rings. The second-order valence-electron chi connectivity index (χ2n) is 4.97. The van der Waals surface area contributed by atoms with Crippen molar-refractivity contribution in [2.75, 3.05) is 0 Å². The van der Waals surface area contributed by atoms with Crippen LogP contribution in [0.5, 0.6) is 5.75 Å². The number of aliphatic hydroxyl groups excluding tert-OH is 1. The van der Waals surface area contributed by atoms with E-state index in [0.29, 0.717) is 8.95 Å². The lowest BCUT2D eigenvalue weighted by atomic mass is 9.98. The summed E-state index contributed by atoms with van der Waals surface area (Å²) in [6.07, 6.45) is -1.07. The number of phenolic OH excluding ortho intramolecular Hbond substituents is 1. The van der Waals surface area contributed by atoms with Crippen molar-refractivity contribution in [3.8, 4) is 5.75 Å². The van der Waals surface area contributed by atoms with Gasteiger partial charge in [0.2, 0.25) is 0 Å². The van der Waals surface area contributed by atoms with Gasteiger partial charge in [-0.1, -0.05) is 18.2 Å². The Kier molecular flexibility index (Phi) is 3.66. The molecule has 0 fully saturated rings. The molecule has 6 heteroatoms. The maximum absolute atomic E-state index is 13.1. The molecule has 1 unspecified atom stereocenters. The van der Waals surface area contributed by atoms with E-state index in [1.807, 2.05) is 0 Å². The number of hydrogen-bond donors (Lipinski definition) is 2. The van der Waals surface area contributed by atoms with E-state index in [4.69, 9.17) is 7.16 Å². The summed E-state index contributed by atoms with van der Waals surface area (Å²) in [5.41, 5.74) is 0.531. The van der Waals surface area contributed by atoms with Crippen LogP contribution in [0.15, 0.2) is 49.7 Å². The maximum atomic E-state index is 13.1. The highest BCUT2D eigenvalue weighted by Gasteiger charge is 2.25. The molecule has 3 aromatic rings. The first kappa shape index (κ1) is 13.8. The Morgan fingerprint density at radius 2 is 2.00 bits per heavy atom. The summed E-state index contributed by atoms with van der Waals surface area (Å²) >= 11 is 6.37. The van der Waals surface area contributed by atoms with Gasteiger partial charge in [0, 0.05) is 10.9 Å². The second-order valence-corrected chi connectivity index (χ2v) is 6.68. The Hall–Kier alpha value is -1.63. The molecule has 1 heterocycles. The van der Waals surface area contributed by atoms with E-state index >= 15 is 0 Å². The van der Waals surface area contributed by atoms with Crippen LogP contribution in [0.25, 0.3) is 11.0 Å². The number of carbonyl (C=O) groups is 1. The predicted octanol–water partition coefficient (Wildman–Crippen LogP) is 4.95. The first-order valence-corrected chi connectivity index (χ1v) is 8.23. The zero-order valence-electron chi connectivity index (χ0n) is 13.9. The topological polar surface area (TPSA) is 70.7 Å². The molecule has 2 aromatic carbocycles. The number of hydrogen-bond acceptors (Lipinski definition) is 4. The average Bonchev–Trinajstić information content (AvgIpc) is 2.91. The van der Waals surface area contributed by atoms with E-state index in [-0.39, 0.29) is 45.7 Å². The molecule has 23 heavy (non-hydrogen) atoms. The highest BCUT2D eigenvalue weighted by molar-refractivity contribution is 9.11. The fourth-order valence-electron chi connectivity index (χ4n) is 2.30. The Bertz CT molecular complexity index is 989. The van der Waals surface area contributed by atoms with Crippen molar-refractivity contribution >= 4 is 48.6 Å². The average molecular weight is 442 g/mol. The highest BCUT2D eigenvalue weighted by atomic mass is 79.9. The molecule has 0 saturated heterocycles. The van der Waals surface area contributed by atoms with E-state index in [2.05, 4.69) is 31.9 Å². The highest BCUT2D eigenvalue weighted by Crippen LogP contribution is 2.36. The number of rotatable bonds is 3. The number of ketones is 1. The monoisotopic (exact) mass is 440 g/mol. The van der Waals surface area contributed by atoms with Crippen molar-refractivity contribution in [1.82, 2.24) is 0 Å². The summed E-state index contributed by atoms with van der Waals surface area (Å²) in [6, 6.07) is 5.67. The van der Waals surface area contributed by atoms with Gasteiger partial charge in [-0.25, -0.2) is 0 Å². The van der Waals surface area contributed by atoms with Crippen LogP contribution in [0.2, 0.25) is 0 Å². The number of furan rings is 1. The van der Waals surface area contributed by atoms with Gasteiger partial charge in [0.05, 0.1) is 17.3 Å². The third-order valence-electron chi connectivity index (χ3n) is 3.36. The summed E-state index contributed by atoms with van der Waals surface area (Å²) in [4.78, 5) is 13.1. The summed E-state index contributed by atoms with van der Waals surface area (Å²) in [6.45, 7) is 1.46. The lowest BCUT2D eigenvalue weighted by molar-refractivity contribution is 0.102. The third kappa shape index (κ3) is 2.82. The zero-order valence-corrected chi connectivity index (χ0v) is 15.0. The second kappa shape index (κ2) is 6.11. The fraction of sp³-hybridized carbons (Fsp3) is 0.118. The normalized spacial score (nSPS) is 13.7. The van der Waals surface area contributed by atoms with E-state index in [1.165, 1.54) is 31.2 Å². The third-order valence-corrected chi connectivity index (χ3v) is 4.57. The van der Waals surface area contributed by atoms with E-state index < -0.39 is 11.9 Å². The molecule has 1 aromatic heterocycles. The Labute approximate surface area is 151 Å². The molecular weight excluding hydrogens is 428 g/mol. The van der Waals surface area contributed by atoms with Crippen molar-refractivity contribution in [2.24, 2.45) is 0 Å². The number of aliphatic hydroxyl groups is 1. The number of fused-ring (bicyclic) bond motifs is 1. The summed E-state index contributed by atoms with van der Waals surface area (Å²) in [5.74, 6) is -0.453. The molecule has 0 aliphatic heterocycles. The lowest BCUT2D eigenvalue weighted by Gasteiger charge is -2.07. The van der Waals surface area contributed by atoms with Gasteiger partial charge >= 0.3 is 0 Å². The molecule has 2 N–H and O–H groups in total. The molecule has 0 radical (unpaired) electrons. The van der Waals surface area contributed by atoms with Crippen LogP contribution >= 0.6 is 31.9 Å². The number of carbonyl (C=O) groups excluding carboxylic acids is 1. The summed E-state index contributed by atoms with van der Waals surface area (Å²) in [5, 5.41) is 20.1. The first-order chi connectivity index (χ1) is 11.7. The van der Waals surface area contributed by atoms with E-state index in [0.717, 1.165) is 0 Å². The van der Waals surface area contributed by atoms with Crippen molar-refractivity contribution < 1.29 is 22.2 Å². The van der Waals surface area contributed by atoms with Crippen molar-refractivity contribution in [3.63, 3.8) is 0 Å². The van der Waals surface area contributed by atoms with Gasteiger partial charge in [0.15, 0.2) is 5.78 Å². The minimum absolute atomic E-state index is 0.0293. The molecule has 3 rings (SSSR count). The van der Waals surface area contributed by atoms with Crippen LogP contribution < -0.4 is 0 Å². The van der Waals surface area contributed by atoms with Gasteiger partial charge in [-0.05, 0) is 57.0 Å². The quantitative estimate of drug-likeness (QED) is 0.564. The number of para-hydroxylation sites is 1. The van der Waals surface area contributed by atoms with Crippen LogP contribution in [0.3, 0.4) is 0 Å². The minimum Gasteiger partial charge on any atom is -0.506 e. The largest absolute Gasteiger partial charge is 0.506 e. The van der Waals surface area contributed by atoms with Gasteiger partial charge in [-0.3, -0.25) is 4.79 Å². The molecule has 0 bridgehead atoms. The van der Waals surface area contributed by atoms with Crippen LogP contribution in [0.1, 0.15) is 37.5 Å². The van der Waals surface area contributed by atoms with Crippen LogP contribution in [0.4, 0.5) is 0 Å². The SMILES string of the molecule is [2H]c1cc([2H])c2c(C(=O)c3cc(Br)c(O)c(Br)c3)c(C(C)O)oc2c1. The summed E-state index contributed by atoms with van der Waals surface area (Å²) < 4.78 is 22.0. The van der Waals surface area contributed by atoms with Gasteiger partial charge in [-0.15, -0.1) is 0 Å². The standard InChI is InChI=1S/C17H12Br2O4/c1-8(20)17-14(10-4-2-3-5-13(10)23-17)15(21)9-6-11(18)16(22)12(19)7-9/h2-8,20,22H,1H3/i3D,4D. The van der Waals surface area contributed by atoms with Gasteiger partial charge in [0.25, 0.3) is 0 Å². The van der Waals surface area contributed by atoms with E-state index in [9.17, 15) is 15.0 Å². The van der Waals surface area contributed by atoms with Crippen LogP contribution in [-0.4, -0.2) is 16.0 Å². The van der Waals surface area contributed by atoms with Crippen LogP contribution in [-0.2, 0) is 0 Å². The van der Waals surface area contributed by atoms with Crippen molar-refractivity contribution in [2.45, 2.75) is 13.0 Å². The molecular formula is C17H12Br2O4. The minimum atomic E-state index is -1.07. The molecule has 1 atom stereocenters. The molecule has 0 saturated carbocycles. The van der Waals surface area contributed by atoms with Crippen LogP contribution in [0, 0.1) is 0 Å². The van der Waals surface area contributed by atoms with Crippen molar-refractivity contribution in [3.05, 3.63) is 62.2 Å². The molecule has 4 nitrogen and oxygen atoms in total. The number of benzene rings is 2. The molecule has 118 valence electrons. The Morgan fingerprint density at radius 3 is 2.61 bits per heavy atom. The molecule has 0 aliphatic carbocycles. The number of aromatic hydroxyl groups is 1. The van der Waals surface area contributed by atoms with Crippen molar-refractivity contribution in [1.29, 1.82) is 0 Å². The number of phenols is 1. The number of halogens is 2. The Morgan fingerprint density at radius 1 is 1.35 bits per heavy atom. The zero-order chi connectivity index (χ0) is 18.5. The van der Waals surface area contributed by atoms with Gasteiger partial charge in [0.1, 0.15) is 23.2 Å². The fourth-order valence-corrected chi connectivity index (χ4v) is 3.49. The summed E-state index contributed by atoms with van der Waals surface area (Å²) in [7, 11) is 0. The van der Waals surface area contributed by atoms with Gasteiger partial charge < -0.3 is 14.6 Å². The molecule has 0 amide bonds. The smallest absolute Gasteiger partial charge is 0.197 e. The lowest BCUT2D eigenvalue weighted by Crippen LogP contribution is -2.06. The van der Waals surface area contributed by atoms with Gasteiger partial charge in [-0.2, -0.15) is 0 Å². The Balaban J connectivity index is 2.30. The predicted molar refractivity (Wildman–Crippen MR) is 93.8 cm³/mol. The molecule has 0 spiro atoms. The maximum Gasteiger partial charge on any atom is 0.197 e.